The Labute approximate surface area is 81.0 Å². The molecule has 0 aromatic rings. The molecule has 0 saturated carbocycles. The maximum Gasteiger partial charge on any atom is 0.433 e. The number of aliphatic imine (C=N–C) groups is 1. The molecule has 0 radical (unpaired) electrons. The Bertz CT molecular complexity index is 284. The zero-order valence-corrected chi connectivity index (χ0v) is 7.93. The molecule has 1 aliphatic heterocycles. The largest absolute Gasteiger partial charge is 0.433 e. The fraction of sp³-hybridized carbons (Fsp3) is 0.500. The molecule has 0 saturated heterocycles. The molecule has 78 valence electrons. The van der Waals surface area contributed by atoms with Crippen LogP contribution < -0.4 is 0 Å². The Morgan fingerprint density at radius 2 is 2.07 bits per heavy atom. The highest BCUT2D eigenvalue weighted by molar-refractivity contribution is 5.99. The van der Waals surface area contributed by atoms with E-state index in [0.29, 0.717) is 6.42 Å². The summed E-state index contributed by atoms with van der Waals surface area (Å²) in [5.74, 6) is 0. The molecule has 0 N–H and O–H groups in total. The average molecular weight is 203 g/mol. The fourth-order valence-electron chi connectivity index (χ4n) is 1.15. The summed E-state index contributed by atoms with van der Waals surface area (Å²) in [5.41, 5.74) is 0.0641. The maximum atomic E-state index is 12.3. The van der Waals surface area contributed by atoms with E-state index in [1.54, 1.807) is 6.92 Å². The lowest BCUT2D eigenvalue weighted by atomic mass is 10.1. The Morgan fingerprint density at radius 1 is 1.36 bits per heavy atom. The summed E-state index contributed by atoms with van der Waals surface area (Å²) in [6.45, 7) is 1.79. The van der Waals surface area contributed by atoms with E-state index in [0.717, 1.165) is 24.5 Å². The topological polar surface area (TPSA) is 12.4 Å². The molecule has 0 amide bonds. The Balaban J connectivity index is 2.94. The van der Waals surface area contributed by atoms with Crippen LogP contribution in [-0.2, 0) is 0 Å². The second kappa shape index (κ2) is 4.44. The predicted octanol–water partition coefficient (Wildman–Crippen LogP) is 3.63. The van der Waals surface area contributed by atoms with Crippen LogP contribution in [0.2, 0.25) is 0 Å². The van der Waals surface area contributed by atoms with E-state index < -0.39 is 11.9 Å². The van der Waals surface area contributed by atoms with Gasteiger partial charge in [-0.1, -0.05) is 11.6 Å². The number of alkyl halides is 3. The van der Waals surface area contributed by atoms with Crippen molar-refractivity contribution < 1.29 is 13.2 Å². The van der Waals surface area contributed by atoms with E-state index in [9.17, 15) is 13.2 Å². The molecule has 1 rings (SSSR count). The van der Waals surface area contributed by atoms with Crippen molar-refractivity contribution in [3.05, 3.63) is 23.9 Å². The minimum absolute atomic E-state index is 0.667. The third-order valence-corrected chi connectivity index (χ3v) is 1.93. The summed E-state index contributed by atoms with van der Waals surface area (Å²) in [4.78, 5) is 3.44. The number of allylic oxidation sites excluding steroid dienone is 3. The number of halogens is 3. The molecule has 1 aliphatic rings. The zero-order chi connectivity index (χ0) is 10.6. The van der Waals surface area contributed by atoms with Crippen LogP contribution in [0.1, 0.15) is 26.2 Å². The van der Waals surface area contributed by atoms with E-state index in [1.165, 1.54) is 12.3 Å². The van der Waals surface area contributed by atoms with Crippen LogP contribution in [0.15, 0.2) is 28.9 Å². The van der Waals surface area contributed by atoms with Gasteiger partial charge in [-0.15, -0.1) is 0 Å². The number of rotatable bonds is 0. The van der Waals surface area contributed by atoms with Gasteiger partial charge in [0.05, 0.1) is 0 Å². The lowest BCUT2D eigenvalue weighted by Gasteiger charge is -2.04. The smallest absolute Gasteiger partial charge is 0.252 e. The van der Waals surface area contributed by atoms with Crippen molar-refractivity contribution in [1.82, 2.24) is 0 Å². The number of hydrogen-bond acceptors (Lipinski definition) is 1. The molecule has 14 heavy (non-hydrogen) atoms. The first-order valence-corrected chi connectivity index (χ1v) is 4.47. The predicted molar refractivity (Wildman–Crippen MR) is 50.2 cm³/mol. The van der Waals surface area contributed by atoms with Crippen molar-refractivity contribution in [1.29, 1.82) is 0 Å². The maximum absolute atomic E-state index is 12.3. The normalized spacial score (nSPS) is 28.9. The Hall–Kier alpha value is -1.06. The van der Waals surface area contributed by atoms with Gasteiger partial charge in [-0.25, -0.2) is 0 Å². The summed E-state index contributed by atoms with van der Waals surface area (Å²) >= 11 is 0. The van der Waals surface area contributed by atoms with Crippen LogP contribution in [0.3, 0.4) is 0 Å². The second-order valence-corrected chi connectivity index (χ2v) is 3.28. The van der Waals surface area contributed by atoms with Crippen LogP contribution in [0.5, 0.6) is 0 Å². The van der Waals surface area contributed by atoms with Gasteiger partial charge in [-0.05, 0) is 32.3 Å². The van der Waals surface area contributed by atoms with Crippen LogP contribution in [0.25, 0.3) is 0 Å². The van der Waals surface area contributed by atoms with Crippen LogP contribution in [0, 0.1) is 0 Å². The van der Waals surface area contributed by atoms with Crippen LogP contribution >= 0.6 is 0 Å². The molecule has 0 aliphatic carbocycles. The van der Waals surface area contributed by atoms with Crippen LogP contribution in [-0.4, -0.2) is 11.9 Å². The average Bonchev–Trinajstić information content (AvgIpc) is 2.15. The molecular weight excluding hydrogens is 191 g/mol. The van der Waals surface area contributed by atoms with Gasteiger partial charge in [0, 0.05) is 6.20 Å². The molecule has 4 heteroatoms. The molecule has 0 spiro atoms. The lowest BCUT2D eigenvalue weighted by molar-refractivity contribution is -0.0576. The standard InChI is InChI=1S/C10H12F3N/c1-8-5-3-2-4-6-9(14-7-8)10(11,12)13/h4,6-7H,2-3,5H2,1H3/b6-4-,8-7-,14-9+. The van der Waals surface area contributed by atoms with Gasteiger partial charge in [0.15, 0.2) is 0 Å². The van der Waals surface area contributed by atoms with E-state index in [1.807, 2.05) is 0 Å². The molecule has 1 nitrogen and oxygen atoms in total. The highest BCUT2D eigenvalue weighted by Crippen LogP contribution is 2.20. The first-order chi connectivity index (χ1) is 6.50. The molecule has 0 unspecified atom stereocenters. The zero-order valence-electron chi connectivity index (χ0n) is 7.93. The minimum atomic E-state index is -4.35. The van der Waals surface area contributed by atoms with Gasteiger partial charge < -0.3 is 0 Å². The Morgan fingerprint density at radius 3 is 2.71 bits per heavy atom. The Kier molecular flexibility index (Phi) is 3.49. The van der Waals surface area contributed by atoms with E-state index in [4.69, 9.17) is 0 Å². The first kappa shape index (κ1) is 11.0. The van der Waals surface area contributed by atoms with Crippen molar-refractivity contribution in [2.24, 2.45) is 4.99 Å². The van der Waals surface area contributed by atoms with Crippen molar-refractivity contribution >= 4 is 5.71 Å². The molecule has 0 fully saturated rings. The fourth-order valence-corrected chi connectivity index (χ4v) is 1.15. The monoisotopic (exact) mass is 203 g/mol. The summed E-state index contributed by atoms with van der Waals surface area (Å²) < 4.78 is 36.9. The third kappa shape index (κ3) is 3.36. The SMILES string of the molecule is C/C1=C/N=C(C(F)(F)F)\C=C/CCC1. The summed E-state index contributed by atoms with van der Waals surface area (Å²) in [6.07, 6.45) is 1.88. The molecule has 0 atom stereocenters. The molecule has 0 aromatic carbocycles. The highest BCUT2D eigenvalue weighted by atomic mass is 19.4. The van der Waals surface area contributed by atoms with Gasteiger partial charge in [0.1, 0.15) is 5.71 Å². The lowest BCUT2D eigenvalue weighted by Crippen LogP contribution is -2.20. The summed E-state index contributed by atoms with van der Waals surface area (Å²) in [6, 6.07) is 0. The van der Waals surface area contributed by atoms with Gasteiger partial charge in [-0.2, -0.15) is 13.2 Å². The van der Waals surface area contributed by atoms with E-state index >= 15 is 0 Å². The van der Waals surface area contributed by atoms with Gasteiger partial charge in [0.2, 0.25) is 0 Å². The van der Waals surface area contributed by atoms with Crippen molar-refractivity contribution in [2.75, 3.05) is 0 Å². The van der Waals surface area contributed by atoms with Gasteiger partial charge in [0.25, 0.3) is 0 Å². The second-order valence-electron chi connectivity index (χ2n) is 3.28. The first-order valence-electron chi connectivity index (χ1n) is 4.47. The third-order valence-electron chi connectivity index (χ3n) is 1.93. The summed E-state index contributed by atoms with van der Waals surface area (Å²) in [7, 11) is 0. The van der Waals surface area contributed by atoms with Gasteiger partial charge in [-0.3, -0.25) is 4.99 Å². The van der Waals surface area contributed by atoms with E-state index in [2.05, 4.69) is 4.99 Å². The number of hydrogen-bond donors (Lipinski definition) is 0. The molecule has 0 aromatic heterocycles. The quantitative estimate of drug-likeness (QED) is 0.570. The molecule has 1 heterocycles. The van der Waals surface area contributed by atoms with Crippen molar-refractivity contribution in [2.45, 2.75) is 32.4 Å². The number of nitrogens with zero attached hydrogens (tertiary/aromatic N) is 1. The highest BCUT2D eigenvalue weighted by Gasteiger charge is 2.33. The molecule has 0 bridgehead atoms. The summed E-state index contributed by atoms with van der Waals surface area (Å²) in [5, 5.41) is 0. The van der Waals surface area contributed by atoms with E-state index in [-0.39, 0.29) is 0 Å². The van der Waals surface area contributed by atoms with Crippen LogP contribution in [0.4, 0.5) is 13.2 Å². The minimum Gasteiger partial charge on any atom is -0.252 e. The molecular formula is C10H12F3N. The van der Waals surface area contributed by atoms with Gasteiger partial charge >= 0.3 is 6.18 Å². The van der Waals surface area contributed by atoms with Crippen molar-refractivity contribution in [3.8, 4) is 0 Å². The van der Waals surface area contributed by atoms with Crippen molar-refractivity contribution in [3.63, 3.8) is 0 Å².